The van der Waals surface area contributed by atoms with Gasteiger partial charge in [0.05, 0.1) is 25.4 Å². The predicted octanol–water partition coefficient (Wildman–Crippen LogP) is 6.44. The minimum atomic E-state index is -1.54. The molecule has 0 spiro atoms. The molecule has 1 saturated heterocycles. The molecule has 274 valence electrons. The number of unbranched alkanes of at least 4 members (excludes halogenated alkanes) is 21. The number of hydrogen-bond acceptors (Lipinski definition) is 8. The molecular formula is C37H73NO8. The third-order valence-corrected chi connectivity index (χ3v) is 9.46. The summed E-state index contributed by atoms with van der Waals surface area (Å²) in [7, 11) is 0. The molecule has 0 radical (unpaired) electrons. The molecule has 0 aromatic rings. The average Bonchev–Trinajstić information content (AvgIpc) is 3.05. The van der Waals surface area contributed by atoms with Gasteiger partial charge < -0.3 is 40.3 Å². The number of nitrogens with one attached hydrogen (secondary N) is 1. The van der Waals surface area contributed by atoms with Gasteiger partial charge in [-0.15, -0.1) is 0 Å². The van der Waals surface area contributed by atoms with Crippen LogP contribution >= 0.6 is 0 Å². The van der Waals surface area contributed by atoms with Crippen LogP contribution in [0.25, 0.3) is 0 Å². The molecule has 1 aliphatic heterocycles. The zero-order chi connectivity index (χ0) is 33.8. The lowest BCUT2D eigenvalue weighted by Gasteiger charge is -2.40. The zero-order valence-corrected chi connectivity index (χ0v) is 29.6. The number of ether oxygens (including phenoxy) is 2. The summed E-state index contributed by atoms with van der Waals surface area (Å²) in [6.45, 7) is 3.70. The normalized spacial score (nSPS) is 23.0. The molecule has 0 saturated carbocycles. The molecule has 1 heterocycles. The molecule has 1 aliphatic rings. The zero-order valence-electron chi connectivity index (χ0n) is 29.6. The number of aliphatic hydroxyl groups excluding tert-OH is 5. The summed E-state index contributed by atoms with van der Waals surface area (Å²) in [6.07, 6.45) is 21.8. The van der Waals surface area contributed by atoms with Crippen molar-refractivity contribution in [2.45, 2.75) is 217 Å². The van der Waals surface area contributed by atoms with Crippen molar-refractivity contribution in [1.82, 2.24) is 5.32 Å². The number of carbonyl (C=O) groups excluding carboxylic acids is 1. The van der Waals surface area contributed by atoms with E-state index in [0.717, 1.165) is 44.9 Å². The van der Waals surface area contributed by atoms with Crippen LogP contribution < -0.4 is 5.32 Å². The summed E-state index contributed by atoms with van der Waals surface area (Å²) >= 11 is 0. The van der Waals surface area contributed by atoms with Crippen LogP contribution in [0.3, 0.4) is 0 Å². The van der Waals surface area contributed by atoms with Crippen LogP contribution in [0.2, 0.25) is 0 Å². The van der Waals surface area contributed by atoms with Gasteiger partial charge in [-0.25, -0.2) is 0 Å². The lowest BCUT2D eigenvalue weighted by atomic mass is 9.99. The monoisotopic (exact) mass is 660 g/mol. The van der Waals surface area contributed by atoms with Gasteiger partial charge in [0, 0.05) is 6.42 Å². The molecule has 9 nitrogen and oxygen atoms in total. The van der Waals surface area contributed by atoms with E-state index in [2.05, 4.69) is 19.2 Å². The van der Waals surface area contributed by atoms with Crippen molar-refractivity contribution in [2.24, 2.45) is 0 Å². The van der Waals surface area contributed by atoms with E-state index in [-0.39, 0.29) is 12.5 Å². The smallest absolute Gasteiger partial charge is 0.220 e. The van der Waals surface area contributed by atoms with Crippen molar-refractivity contribution in [2.75, 3.05) is 13.2 Å². The molecule has 0 aromatic carbocycles. The molecule has 6 N–H and O–H groups in total. The van der Waals surface area contributed by atoms with Gasteiger partial charge in [0.2, 0.25) is 5.91 Å². The first kappa shape index (κ1) is 43.2. The van der Waals surface area contributed by atoms with Gasteiger partial charge >= 0.3 is 0 Å². The third-order valence-electron chi connectivity index (χ3n) is 9.46. The Bertz CT molecular complexity index is 696. The highest BCUT2D eigenvalue weighted by molar-refractivity contribution is 5.76. The minimum absolute atomic E-state index is 0.136. The van der Waals surface area contributed by atoms with E-state index in [0.29, 0.717) is 12.8 Å². The van der Waals surface area contributed by atoms with Crippen LogP contribution in [0.1, 0.15) is 174 Å². The fraction of sp³-hybridized carbons (Fsp3) is 0.973. The fourth-order valence-electron chi connectivity index (χ4n) is 6.28. The van der Waals surface area contributed by atoms with Crippen LogP contribution in [-0.2, 0) is 14.3 Å². The maximum absolute atomic E-state index is 12.8. The topological polar surface area (TPSA) is 149 Å². The van der Waals surface area contributed by atoms with Gasteiger partial charge in [0.15, 0.2) is 6.29 Å². The largest absolute Gasteiger partial charge is 0.394 e. The van der Waals surface area contributed by atoms with Crippen LogP contribution in [0.4, 0.5) is 0 Å². The van der Waals surface area contributed by atoms with Crippen LogP contribution in [-0.4, -0.2) is 87.5 Å². The minimum Gasteiger partial charge on any atom is -0.394 e. The Hall–Kier alpha value is -0.810. The fourth-order valence-corrected chi connectivity index (χ4v) is 6.28. The quantitative estimate of drug-likeness (QED) is 0.0466. The summed E-state index contributed by atoms with van der Waals surface area (Å²) in [5.41, 5.74) is 0. The number of carbonyl (C=O) groups is 1. The first-order valence-electron chi connectivity index (χ1n) is 19.2. The van der Waals surface area contributed by atoms with Gasteiger partial charge in [0.1, 0.15) is 24.4 Å². The van der Waals surface area contributed by atoms with E-state index in [1.165, 1.54) is 103 Å². The number of hydrogen-bond donors (Lipinski definition) is 6. The average molecular weight is 660 g/mol. The Kier molecular flexibility index (Phi) is 27.4. The third kappa shape index (κ3) is 20.5. The van der Waals surface area contributed by atoms with Crippen molar-refractivity contribution >= 4 is 5.91 Å². The summed E-state index contributed by atoms with van der Waals surface area (Å²) < 4.78 is 11.1. The number of rotatable bonds is 31. The maximum Gasteiger partial charge on any atom is 0.220 e. The molecule has 0 aromatic heterocycles. The van der Waals surface area contributed by atoms with E-state index in [4.69, 9.17) is 9.47 Å². The van der Waals surface area contributed by atoms with Gasteiger partial charge in [0.25, 0.3) is 0 Å². The van der Waals surface area contributed by atoms with Gasteiger partial charge in [-0.2, -0.15) is 0 Å². The summed E-state index contributed by atoms with van der Waals surface area (Å²) in [6, 6.07) is -0.707. The van der Waals surface area contributed by atoms with Gasteiger partial charge in [-0.3, -0.25) is 4.79 Å². The highest BCUT2D eigenvalue weighted by atomic mass is 16.7. The highest BCUT2D eigenvalue weighted by Crippen LogP contribution is 2.23. The van der Waals surface area contributed by atoms with Crippen LogP contribution in [0, 0.1) is 0 Å². The van der Waals surface area contributed by atoms with Crippen molar-refractivity contribution in [3.63, 3.8) is 0 Å². The second kappa shape index (κ2) is 29.1. The van der Waals surface area contributed by atoms with E-state index in [9.17, 15) is 30.3 Å². The lowest BCUT2D eigenvalue weighted by Crippen LogP contribution is -2.60. The first-order valence-corrected chi connectivity index (χ1v) is 19.2. The summed E-state index contributed by atoms with van der Waals surface area (Å²) in [4.78, 5) is 12.8. The Morgan fingerprint density at radius 2 is 1.09 bits per heavy atom. The van der Waals surface area contributed by atoms with E-state index in [1.807, 2.05) is 0 Å². The Morgan fingerprint density at radius 3 is 1.54 bits per heavy atom. The van der Waals surface area contributed by atoms with Crippen LogP contribution in [0.15, 0.2) is 0 Å². The molecule has 7 unspecified atom stereocenters. The molecular weight excluding hydrogens is 586 g/mol. The SMILES string of the molecule is CCCCCCCCCCCCCCCCCCCCCC(=O)NC(COC1OC(CO)C(O)C(O)C1O)C(O)CCCCCC. The van der Waals surface area contributed by atoms with Crippen molar-refractivity contribution in [3.8, 4) is 0 Å². The Labute approximate surface area is 281 Å². The summed E-state index contributed by atoms with van der Waals surface area (Å²) in [5.74, 6) is -0.151. The van der Waals surface area contributed by atoms with Gasteiger partial charge in [-0.05, 0) is 12.8 Å². The summed E-state index contributed by atoms with van der Waals surface area (Å²) in [5, 5.41) is 53.5. The molecule has 46 heavy (non-hydrogen) atoms. The van der Waals surface area contributed by atoms with Crippen LogP contribution in [0.5, 0.6) is 0 Å². The van der Waals surface area contributed by atoms with E-state index in [1.54, 1.807) is 0 Å². The van der Waals surface area contributed by atoms with E-state index < -0.39 is 49.5 Å². The molecule has 0 bridgehead atoms. The first-order chi connectivity index (χ1) is 22.3. The molecule has 1 fully saturated rings. The number of amides is 1. The molecule has 1 amide bonds. The molecule has 7 atom stereocenters. The standard InChI is InChI=1S/C37H73NO8/c1-3-5-7-9-10-11-12-13-14-15-16-17-18-19-20-21-22-23-25-27-33(41)38-30(31(40)26-24-8-6-4-2)29-45-37-36(44)35(43)34(42)32(28-39)46-37/h30-32,34-37,39-40,42-44H,3-29H2,1-2H3,(H,38,41). The molecule has 0 aliphatic carbocycles. The predicted molar refractivity (Wildman–Crippen MR) is 184 cm³/mol. The van der Waals surface area contributed by atoms with Crippen molar-refractivity contribution in [1.29, 1.82) is 0 Å². The van der Waals surface area contributed by atoms with Gasteiger partial charge in [-0.1, -0.05) is 155 Å². The lowest BCUT2D eigenvalue weighted by molar-refractivity contribution is -0.302. The molecule has 9 heteroatoms. The van der Waals surface area contributed by atoms with E-state index >= 15 is 0 Å². The molecule has 1 rings (SSSR count). The van der Waals surface area contributed by atoms with Crippen molar-refractivity contribution < 1.29 is 39.8 Å². The Balaban J connectivity index is 2.20. The Morgan fingerprint density at radius 1 is 0.652 bits per heavy atom. The second-order valence-electron chi connectivity index (χ2n) is 13.7. The second-order valence-corrected chi connectivity index (χ2v) is 13.7. The number of aliphatic hydroxyl groups is 5. The maximum atomic E-state index is 12.8. The van der Waals surface area contributed by atoms with Crippen molar-refractivity contribution in [3.05, 3.63) is 0 Å². The highest BCUT2D eigenvalue weighted by Gasteiger charge is 2.44.